The van der Waals surface area contributed by atoms with Gasteiger partial charge in [-0.05, 0) is 55.7 Å². The first-order valence-corrected chi connectivity index (χ1v) is 9.62. The van der Waals surface area contributed by atoms with Gasteiger partial charge in [-0.2, -0.15) is 0 Å². The van der Waals surface area contributed by atoms with E-state index in [1.165, 1.54) is 6.08 Å². The Morgan fingerprint density at radius 1 is 1.17 bits per heavy atom. The number of benzene rings is 2. The van der Waals surface area contributed by atoms with Gasteiger partial charge < -0.3 is 19.1 Å². The van der Waals surface area contributed by atoms with Gasteiger partial charge in [0.2, 0.25) is 0 Å². The van der Waals surface area contributed by atoms with Crippen LogP contribution in [0, 0.1) is 0 Å². The molecule has 1 atom stereocenters. The van der Waals surface area contributed by atoms with Crippen molar-refractivity contribution >= 4 is 23.6 Å². The van der Waals surface area contributed by atoms with Crippen molar-refractivity contribution in [1.82, 2.24) is 0 Å². The fourth-order valence-electron chi connectivity index (χ4n) is 3.28. The molecule has 29 heavy (non-hydrogen) atoms. The van der Waals surface area contributed by atoms with Gasteiger partial charge in [-0.25, -0.2) is 4.79 Å². The minimum Gasteiger partial charge on any atom is -0.493 e. The molecule has 0 spiro atoms. The molecular weight excluding hydrogens is 370 g/mol. The van der Waals surface area contributed by atoms with E-state index < -0.39 is 12.1 Å². The van der Waals surface area contributed by atoms with Gasteiger partial charge in [-0.3, -0.25) is 4.79 Å². The Balaban J connectivity index is 1.61. The zero-order valence-corrected chi connectivity index (χ0v) is 16.9. The van der Waals surface area contributed by atoms with E-state index in [-0.39, 0.29) is 5.91 Å². The zero-order valence-electron chi connectivity index (χ0n) is 16.9. The molecule has 0 radical (unpaired) electrons. The van der Waals surface area contributed by atoms with Crippen molar-refractivity contribution in [2.24, 2.45) is 0 Å². The average Bonchev–Trinajstić information content (AvgIpc) is 3.16. The highest BCUT2D eigenvalue weighted by molar-refractivity contribution is 6.00. The smallest absolute Gasteiger partial charge is 0.331 e. The van der Waals surface area contributed by atoms with Crippen molar-refractivity contribution in [3.05, 3.63) is 59.7 Å². The minimum absolute atomic E-state index is 0.223. The normalized spacial score (nSPS) is 13.8. The Morgan fingerprint density at radius 3 is 2.72 bits per heavy atom. The number of para-hydroxylation sites is 1. The monoisotopic (exact) mass is 395 g/mol. The van der Waals surface area contributed by atoms with E-state index in [4.69, 9.17) is 14.2 Å². The third-order valence-electron chi connectivity index (χ3n) is 4.69. The summed E-state index contributed by atoms with van der Waals surface area (Å²) >= 11 is 0. The van der Waals surface area contributed by atoms with E-state index in [2.05, 4.69) is 0 Å². The zero-order chi connectivity index (χ0) is 20.8. The number of anilines is 1. The largest absolute Gasteiger partial charge is 0.493 e. The molecule has 0 bridgehead atoms. The number of nitrogens with zero attached hydrogens (tertiary/aromatic N) is 1. The van der Waals surface area contributed by atoms with Crippen LogP contribution in [0.25, 0.3) is 6.08 Å². The molecule has 1 aliphatic heterocycles. The van der Waals surface area contributed by atoms with Crippen molar-refractivity contribution in [2.45, 2.75) is 26.4 Å². The van der Waals surface area contributed by atoms with Crippen LogP contribution in [0.15, 0.2) is 48.5 Å². The second kappa shape index (κ2) is 9.28. The van der Waals surface area contributed by atoms with Crippen LogP contribution in [0.3, 0.4) is 0 Å². The van der Waals surface area contributed by atoms with Gasteiger partial charge >= 0.3 is 5.97 Å². The van der Waals surface area contributed by atoms with Gasteiger partial charge in [-0.15, -0.1) is 0 Å². The molecule has 0 unspecified atom stereocenters. The van der Waals surface area contributed by atoms with E-state index >= 15 is 0 Å². The molecule has 6 heteroatoms. The van der Waals surface area contributed by atoms with Gasteiger partial charge in [0, 0.05) is 18.3 Å². The number of hydrogen-bond acceptors (Lipinski definition) is 5. The van der Waals surface area contributed by atoms with E-state index in [1.807, 2.05) is 37.3 Å². The fraction of sp³-hybridized carbons (Fsp3) is 0.304. The van der Waals surface area contributed by atoms with Crippen LogP contribution in [-0.4, -0.2) is 38.2 Å². The van der Waals surface area contributed by atoms with Gasteiger partial charge in [-0.1, -0.05) is 24.3 Å². The third-order valence-corrected chi connectivity index (χ3v) is 4.69. The molecule has 152 valence electrons. The summed E-state index contributed by atoms with van der Waals surface area (Å²) in [6.07, 6.45) is 2.86. The van der Waals surface area contributed by atoms with Gasteiger partial charge in [0.25, 0.3) is 5.91 Å². The van der Waals surface area contributed by atoms with Crippen LogP contribution in [0.2, 0.25) is 0 Å². The second-order valence-corrected chi connectivity index (χ2v) is 6.62. The summed E-state index contributed by atoms with van der Waals surface area (Å²) in [5.41, 5.74) is 2.77. The van der Waals surface area contributed by atoms with E-state index in [9.17, 15) is 9.59 Å². The van der Waals surface area contributed by atoms with Crippen LogP contribution >= 0.6 is 0 Å². The summed E-state index contributed by atoms with van der Waals surface area (Å²) in [5.74, 6) is 0.420. The molecule has 6 nitrogen and oxygen atoms in total. The summed E-state index contributed by atoms with van der Waals surface area (Å²) in [6, 6.07) is 13.1. The molecule has 2 aromatic rings. The summed E-state index contributed by atoms with van der Waals surface area (Å²) < 4.78 is 16.1. The number of rotatable bonds is 7. The molecule has 0 saturated carbocycles. The lowest BCUT2D eigenvalue weighted by atomic mass is 10.2. The Labute approximate surface area is 170 Å². The second-order valence-electron chi connectivity index (χ2n) is 6.62. The molecule has 3 rings (SSSR count). The van der Waals surface area contributed by atoms with Crippen molar-refractivity contribution in [2.75, 3.05) is 25.2 Å². The number of carbonyl (C=O) groups is 2. The topological polar surface area (TPSA) is 65.1 Å². The molecule has 0 aromatic heterocycles. The first-order chi connectivity index (χ1) is 14.0. The fourth-order valence-corrected chi connectivity index (χ4v) is 3.28. The van der Waals surface area contributed by atoms with Crippen LogP contribution in [-0.2, 0) is 20.7 Å². The average molecular weight is 395 g/mol. The number of ether oxygens (including phenoxy) is 3. The molecule has 0 fully saturated rings. The van der Waals surface area contributed by atoms with Gasteiger partial charge in [0.1, 0.15) is 0 Å². The van der Waals surface area contributed by atoms with Gasteiger partial charge in [0.15, 0.2) is 17.6 Å². The van der Waals surface area contributed by atoms with Crippen molar-refractivity contribution in [3.63, 3.8) is 0 Å². The Bertz CT molecular complexity index is 921. The highest BCUT2D eigenvalue weighted by Crippen LogP contribution is 2.29. The van der Waals surface area contributed by atoms with Crippen molar-refractivity contribution in [3.8, 4) is 11.5 Å². The number of carbonyl (C=O) groups excluding carboxylic acids is 2. The lowest BCUT2D eigenvalue weighted by molar-refractivity contribution is -0.149. The highest BCUT2D eigenvalue weighted by Gasteiger charge is 2.29. The lowest BCUT2D eigenvalue weighted by Crippen LogP contribution is -2.38. The number of methoxy groups -OCH3 is 1. The molecule has 1 amide bonds. The van der Waals surface area contributed by atoms with Crippen LogP contribution in [0.4, 0.5) is 5.69 Å². The maximum Gasteiger partial charge on any atom is 0.331 e. The summed E-state index contributed by atoms with van der Waals surface area (Å²) in [6.45, 7) is 4.62. The lowest BCUT2D eigenvalue weighted by Gasteiger charge is -2.21. The summed E-state index contributed by atoms with van der Waals surface area (Å²) in [4.78, 5) is 26.5. The van der Waals surface area contributed by atoms with Crippen LogP contribution < -0.4 is 14.4 Å². The Kier molecular flexibility index (Phi) is 6.54. The maximum atomic E-state index is 12.7. The minimum atomic E-state index is -0.867. The highest BCUT2D eigenvalue weighted by atomic mass is 16.5. The van der Waals surface area contributed by atoms with E-state index in [0.717, 1.165) is 23.2 Å². The molecule has 1 heterocycles. The molecule has 2 aromatic carbocycles. The molecule has 0 N–H and O–H groups in total. The first kappa shape index (κ1) is 20.5. The quantitative estimate of drug-likeness (QED) is 0.529. The number of hydrogen-bond donors (Lipinski definition) is 0. The van der Waals surface area contributed by atoms with Crippen LogP contribution in [0.1, 0.15) is 25.0 Å². The van der Waals surface area contributed by atoms with Gasteiger partial charge in [0.05, 0.1) is 13.7 Å². The van der Waals surface area contributed by atoms with E-state index in [1.54, 1.807) is 37.1 Å². The van der Waals surface area contributed by atoms with E-state index in [0.29, 0.717) is 24.7 Å². The van der Waals surface area contributed by atoms with Crippen molar-refractivity contribution in [1.29, 1.82) is 0 Å². The maximum absolute atomic E-state index is 12.7. The number of fused-ring (bicyclic) bond motifs is 1. The molecule has 0 saturated heterocycles. The Hall–Kier alpha value is -3.28. The number of esters is 1. The third kappa shape index (κ3) is 4.77. The predicted octanol–water partition coefficient (Wildman–Crippen LogP) is 3.63. The number of amides is 1. The van der Waals surface area contributed by atoms with Crippen LogP contribution in [0.5, 0.6) is 11.5 Å². The summed E-state index contributed by atoms with van der Waals surface area (Å²) in [5, 5.41) is 0. The van der Waals surface area contributed by atoms with Crippen molar-refractivity contribution < 1.29 is 23.8 Å². The molecular formula is C23H25NO5. The Morgan fingerprint density at radius 2 is 1.97 bits per heavy atom. The predicted molar refractivity (Wildman–Crippen MR) is 111 cm³/mol. The summed E-state index contributed by atoms with van der Waals surface area (Å²) in [7, 11) is 1.56. The molecule has 1 aliphatic rings. The molecule has 0 aliphatic carbocycles. The standard InChI is InChI=1S/C23H25NO5/c1-4-28-20-11-9-17(15-21(20)27-3)10-12-22(25)29-16(2)23(26)24-14-13-18-7-5-6-8-19(18)24/h5-12,15-16H,4,13-14H2,1-3H3/b12-10+/t16-/m0/s1. The SMILES string of the molecule is CCOc1ccc(/C=C/C(=O)O[C@@H](C)C(=O)N2CCc3ccccc32)cc1OC. The first-order valence-electron chi connectivity index (χ1n) is 9.62.